The summed E-state index contributed by atoms with van der Waals surface area (Å²) >= 11 is 6.20. The lowest BCUT2D eigenvalue weighted by Gasteiger charge is -2.36. The van der Waals surface area contributed by atoms with Crippen LogP contribution in [0.1, 0.15) is 20.8 Å². The largest absolute Gasteiger partial charge is 0.444 e. The molecule has 1 aliphatic rings. The van der Waals surface area contributed by atoms with Crippen LogP contribution in [0, 0.1) is 5.82 Å². The Morgan fingerprint density at radius 2 is 1.72 bits per heavy atom. The highest BCUT2D eigenvalue weighted by Crippen LogP contribution is 2.33. The number of hydrogen-bond acceptors (Lipinski definition) is 6. The minimum Gasteiger partial charge on any atom is -0.444 e. The topological polar surface area (TPSA) is 75.9 Å². The van der Waals surface area contributed by atoms with E-state index in [1.54, 1.807) is 33.8 Å². The molecule has 186 valence electrons. The first-order valence-corrected chi connectivity index (χ1v) is 12.1. The summed E-state index contributed by atoms with van der Waals surface area (Å²) in [5.74, 6) is 0.442. The predicted octanol–water partition coefficient (Wildman–Crippen LogP) is 5.31. The van der Waals surface area contributed by atoms with Gasteiger partial charge in [-0.3, -0.25) is 0 Å². The van der Waals surface area contributed by atoms with E-state index in [1.165, 1.54) is 12.1 Å². The molecule has 0 unspecified atom stereocenters. The second kappa shape index (κ2) is 9.39. The van der Waals surface area contributed by atoms with Gasteiger partial charge in [0.05, 0.1) is 5.69 Å². The van der Waals surface area contributed by atoms with Crippen molar-refractivity contribution in [3.63, 3.8) is 0 Å². The normalized spacial score (nSPS) is 14.4. The van der Waals surface area contributed by atoms with Crippen LogP contribution in [-0.2, 0) is 4.74 Å². The Bertz CT molecular complexity index is 1410. The van der Waals surface area contributed by atoms with E-state index in [9.17, 15) is 9.18 Å². The van der Waals surface area contributed by atoms with Gasteiger partial charge < -0.3 is 14.5 Å². The molecule has 0 N–H and O–H groups in total. The Balaban J connectivity index is 1.49. The van der Waals surface area contributed by atoms with Gasteiger partial charge in [-0.2, -0.15) is 0 Å². The third-order valence-electron chi connectivity index (χ3n) is 5.84. The number of imidazole rings is 1. The smallest absolute Gasteiger partial charge is 0.410 e. The van der Waals surface area contributed by atoms with E-state index in [2.05, 4.69) is 9.88 Å². The van der Waals surface area contributed by atoms with E-state index in [-0.39, 0.29) is 11.9 Å². The van der Waals surface area contributed by atoms with Gasteiger partial charge in [-0.05, 0) is 69.3 Å². The van der Waals surface area contributed by atoms with Crippen molar-refractivity contribution in [2.75, 3.05) is 31.1 Å². The van der Waals surface area contributed by atoms with Gasteiger partial charge in [-0.15, -0.1) is 5.10 Å². The second-order valence-corrected chi connectivity index (χ2v) is 9.99. The van der Waals surface area contributed by atoms with Gasteiger partial charge in [-0.1, -0.05) is 11.6 Å². The van der Waals surface area contributed by atoms with Crippen LogP contribution < -0.4 is 4.90 Å². The zero-order valence-electron chi connectivity index (χ0n) is 20.3. The lowest BCUT2D eigenvalue weighted by molar-refractivity contribution is 0.0240. The fourth-order valence-electron chi connectivity index (χ4n) is 4.15. The van der Waals surface area contributed by atoms with Crippen LogP contribution in [0.5, 0.6) is 0 Å². The molecule has 3 aromatic heterocycles. The number of benzene rings is 1. The number of carbonyl (C=O) groups is 1. The molecule has 0 atom stereocenters. The summed E-state index contributed by atoms with van der Waals surface area (Å²) in [5, 5.41) is 5.25. The summed E-state index contributed by atoms with van der Waals surface area (Å²) in [4.78, 5) is 25.2. The number of halogens is 2. The van der Waals surface area contributed by atoms with Crippen molar-refractivity contribution in [3.05, 3.63) is 65.7 Å². The van der Waals surface area contributed by atoms with Crippen molar-refractivity contribution >= 4 is 29.2 Å². The number of aromatic nitrogens is 4. The number of hydrogen-bond donors (Lipinski definition) is 0. The molecule has 1 amide bonds. The van der Waals surface area contributed by atoms with E-state index in [0.717, 1.165) is 22.6 Å². The van der Waals surface area contributed by atoms with Gasteiger partial charge in [0.2, 0.25) is 0 Å². The number of rotatable bonds is 3. The summed E-state index contributed by atoms with van der Waals surface area (Å²) < 4.78 is 20.9. The molecule has 4 aromatic rings. The maximum absolute atomic E-state index is 13.6. The van der Waals surface area contributed by atoms with Gasteiger partial charge in [0.1, 0.15) is 28.1 Å². The first-order chi connectivity index (χ1) is 17.2. The van der Waals surface area contributed by atoms with Crippen molar-refractivity contribution in [1.82, 2.24) is 24.5 Å². The van der Waals surface area contributed by atoms with E-state index < -0.39 is 5.60 Å². The van der Waals surface area contributed by atoms with Gasteiger partial charge in [0.15, 0.2) is 5.65 Å². The summed E-state index contributed by atoms with van der Waals surface area (Å²) in [6.07, 6.45) is 1.33. The zero-order chi connectivity index (χ0) is 25.4. The summed E-state index contributed by atoms with van der Waals surface area (Å²) in [5.41, 5.74) is 3.07. The summed E-state index contributed by atoms with van der Waals surface area (Å²) in [6.45, 7) is 7.89. The molecule has 5 rings (SSSR count). The molecule has 1 fully saturated rings. The van der Waals surface area contributed by atoms with Crippen LogP contribution in [0.3, 0.4) is 0 Å². The first kappa shape index (κ1) is 24.0. The van der Waals surface area contributed by atoms with Gasteiger partial charge in [0.25, 0.3) is 0 Å². The molecular weight excluding hydrogens is 483 g/mol. The average molecular weight is 509 g/mol. The SMILES string of the molecule is CC(C)(C)OC(=O)N1CCN(c2ccc3nc(-c4ccc(F)cc4)c(-c4ccnc(Cl)c4)n3n2)CC1. The van der Waals surface area contributed by atoms with E-state index in [1.807, 2.05) is 39.0 Å². The Hall–Kier alpha value is -3.72. The van der Waals surface area contributed by atoms with Gasteiger partial charge in [0, 0.05) is 43.5 Å². The average Bonchev–Trinajstić information content (AvgIpc) is 3.22. The van der Waals surface area contributed by atoms with Crippen molar-refractivity contribution in [3.8, 4) is 22.5 Å². The number of pyridine rings is 1. The molecule has 1 aliphatic heterocycles. The van der Waals surface area contributed by atoms with Crippen LogP contribution >= 0.6 is 11.6 Å². The Morgan fingerprint density at radius 3 is 2.39 bits per heavy atom. The van der Waals surface area contributed by atoms with E-state index in [4.69, 9.17) is 26.4 Å². The maximum Gasteiger partial charge on any atom is 0.410 e. The molecule has 4 heterocycles. The van der Waals surface area contributed by atoms with Crippen molar-refractivity contribution in [2.24, 2.45) is 0 Å². The number of carbonyl (C=O) groups excluding carboxylic acids is 1. The monoisotopic (exact) mass is 508 g/mol. The van der Waals surface area contributed by atoms with Crippen molar-refractivity contribution in [2.45, 2.75) is 26.4 Å². The number of nitrogens with zero attached hydrogens (tertiary/aromatic N) is 6. The third kappa shape index (κ3) is 4.97. The fourth-order valence-corrected chi connectivity index (χ4v) is 4.33. The minimum atomic E-state index is -0.531. The molecule has 1 saturated heterocycles. The third-order valence-corrected chi connectivity index (χ3v) is 6.04. The highest BCUT2D eigenvalue weighted by Gasteiger charge is 2.27. The lowest BCUT2D eigenvalue weighted by Crippen LogP contribution is -2.50. The Labute approximate surface area is 213 Å². The van der Waals surface area contributed by atoms with Crippen LogP contribution in [0.4, 0.5) is 15.0 Å². The highest BCUT2D eigenvalue weighted by atomic mass is 35.5. The molecule has 36 heavy (non-hydrogen) atoms. The molecule has 1 aromatic carbocycles. The number of ether oxygens (including phenoxy) is 1. The van der Waals surface area contributed by atoms with Crippen molar-refractivity contribution < 1.29 is 13.9 Å². The van der Waals surface area contributed by atoms with E-state index in [0.29, 0.717) is 42.7 Å². The molecule has 10 heteroatoms. The Kier molecular flexibility index (Phi) is 6.26. The number of anilines is 1. The predicted molar refractivity (Wildman–Crippen MR) is 137 cm³/mol. The standard InChI is InChI=1S/C26H26ClFN6O2/c1-26(2,3)36-25(35)33-14-12-32(13-15-33)22-9-8-21-30-23(17-4-6-19(28)7-5-17)24(34(21)31-22)18-10-11-29-20(27)16-18/h4-11,16H,12-15H2,1-3H3. The maximum atomic E-state index is 13.6. The molecule has 0 saturated carbocycles. The molecule has 8 nitrogen and oxygen atoms in total. The van der Waals surface area contributed by atoms with Crippen LogP contribution in [0.2, 0.25) is 5.15 Å². The second-order valence-electron chi connectivity index (χ2n) is 9.60. The summed E-state index contributed by atoms with van der Waals surface area (Å²) in [6, 6.07) is 13.6. The first-order valence-electron chi connectivity index (χ1n) is 11.7. The fraction of sp³-hybridized carbons (Fsp3) is 0.308. The number of fused-ring (bicyclic) bond motifs is 1. The molecule has 0 aliphatic carbocycles. The van der Waals surface area contributed by atoms with Crippen LogP contribution in [0.25, 0.3) is 28.2 Å². The Morgan fingerprint density at radius 1 is 1.00 bits per heavy atom. The number of piperazine rings is 1. The van der Waals surface area contributed by atoms with Crippen LogP contribution in [-0.4, -0.2) is 62.4 Å². The number of amides is 1. The molecule has 0 spiro atoms. The molecule has 0 radical (unpaired) electrons. The van der Waals surface area contributed by atoms with Crippen LogP contribution in [0.15, 0.2) is 54.7 Å². The minimum absolute atomic E-state index is 0.305. The lowest BCUT2D eigenvalue weighted by atomic mass is 10.1. The van der Waals surface area contributed by atoms with Crippen molar-refractivity contribution in [1.29, 1.82) is 0 Å². The van der Waals surface area contributed by atoms with E-state index >= 15 is 0 Å². The van der Waals surface area contributed by atoms with Gasteiger partial charge in [-0.25, -0.2) is 23.7 Å². The zero-order valence-corrected chi connectivity index (χ0v) is 21.0. The van der Waals surface area contributed by atoms with Gasteiger partial charge >= 0.3 is 6.09 Å². The molecular formula is C26H26ClFN6O2. The quantitative estimate of drug-likeness (QED) is 0.349. The summed E-state index contributed by atoms with van der Waals surface area (Å²) in [7, 11) is 0. The highest BCUT2D eigenvalue weighted by molar-refractivity contribution is 6.29. The molecule has 0 bridgehead atoms.